The maximum absolute atomic E-state index is 12.2. The molecular formula is C12H14O4S. The predicted octanol–water partition coefficient (Wildman–Crippen LogP) is 1.59. The summed E-state index contributed by atoms with van der Waals surface area (Å²) in [5.74, 6) is 0.513. The van der Waals surface area contributed by atoms with Crippen molar-refractivity contribution in [3.05, 3.63) is 28.7 Å². The van der Waals surface area contributed by atoms with Crippen molar-refractivity contribution in [1.29, 1.82) is 0 Å². The normalized spacial score (nSPS) is 18.4. The Kier molecular flexibility index (Phi) is 2.97. The fourth-order valence-corrected chi connectivity index (χ4v) is 3.58. The molecule has 1 aromatic carbocycles. The first kappa shape index (κ1) is 12.1. The second-order valence-electron chi connectivity index (χ2n) is 4.07. The van der Waals surface area contributed by atoms with Gasteiger partial charge in [-0.25, -0.2) is 8.42 Å². The molecule has 1 N–H and O–H groups in total. The van der Waals surface area contributed by atoms with E-state index in [9.17, 15) is 13.5 Å². The van der Waals surface area contributed by atoms with Gasteiger partial charge in [0.05, 0.1) is 23.0 Å². The van der Waals surface area contributed by atoms with Gasteiger partial charge in [-0.15, -0.1) is 0 Å². The first-order valence-electron chi connectivity index (χ1n) is 5.27. The van der Waals surface area contributed by atoms with Crippen LogP contribution in [0.25, 0.3) is 6.08 Å². The number of fused-ring (bicyclic) bond motifs is 1. The van der Waals surface area contributed by atoms with Crippen molar-refractivity contribution in [2.24, 2.45) is 0 Å². The van der Waals surface area contributed by atoms with E-state index in [1.807, 2.05) is 0 Å². The largest absolute Gasteiger partial charge is 0.497 e. The summed E-state index contributed by atoms with van der Waals surface area (Å²) in [6.07, 6.45) is 1.07. The molecule has 1 unspecified atom stereocenters. The number of aliphatic hydroxyl groups is 1. The highest BCUT2D eigenvalue weighted by molar-refractivity contribution is 7.95. The van der Waals surface area contributed by atoms with Crippen LogP contribution in [0.15, 0.2) is 28.0 Å². The molecule has 1 atom stereocenters. The number of hydrogen-bond donors (Lipinski definition) is 1. The molecule has 0 amide bonds. The average Bonchev–Trinajstić information content (AvgIpc) is 2.50. The lowest BCUT2D eigenvalue weighted by molar-refractivity contribution is 0.197. The highest BCUT2D eigenvalue weighted by Gasteiger charge is 2.30. The topological polar surface area (TPSA) is 63.6 Å². The molecule has 92 valence electrons. The van der Waals surface area contributed by atoms with Crippen LogP contribution in [0.2, 0.25) is 0 Å². The zero-order valence-corrected chi connectivity index (χ0v) is 10.5. The van der Waals surface area contributed by atoms with Gasteiger partial charge in [0.2, 0.25) is 9.84 Å². The summed E-state index contributed by atoms with van der Waals surface area (Å²) >= 11 is 0. The quantitative estimate of drug-likeness (QED) is 0.889. The Balaban J connectivity index is 2.48. The molecule has 0 spiro atoms. The molecule has 5 heteroatoms. The standard InChI is InChI=1S/C12H14O4S/c1-8(13)5-11-6-9-3-4-10(16-2)7-12(9)17(11,14)15/h3-4,6-8,13H,5H2,1-2H3. The van der Waals surface area contributed by atoms with Crippen LogP contribution in [-0.4, -0.2) is 26.7 Å². The second-order valence-corrected chi connectivity index (χ2v) is 6.04. The van der Waals surface area contributed by atoms with Crippen LogP contribution in [0.5, 0.6) is 5.75 Å². The Labute approximate surface area is 100 Å². The molecule has 0 fully saturated rings. The Morgan fingerprint density at radius 1 is 1.41 bits per heavy atom. The van der Waals surface area contributed by atoms with E-state index in [0.717, 1.165) is 0 Å². The van der Waals surface area contributed by atoms with E-state index >= 15 is 0 Å². The third-order valence-electron chi connectivity index (χ3n) is 2.67. The summed E-state index contributed by atoms with van der Waals surface area (Å²) in [5.41, 5.74) is 0.654. The number of hydrogen-bond acceptors (Lipinski definition) is 4. The van der Waals surface area contributed by atoms with Crippen LogP contribution >= 0.6 is 0 Å². The molecule has 4 nitrogen and oxygen atoms in total. The van der Waals surface area contributed by atoms with E-state index in [4.69, 9.17) is 4.74 Å². The van der Waals surface area contributed by atoms with Gasteiger partial charge in [-0.3, -0.25) is 0 Å². The first-order chi connectivity index (χ1) is 7.95. The summed E-state index contributed by atoms with van der Waals surface area (Å²) in [5, 5.41) is 9.29. The maximum Gasteiger partial charge on any atom is 0.203 e. The van der Waals surface area contributed by atoms with Crippen molar-refractivity contribution in [3.8, 4) is 5.75 Å². The number of rotatable bonds is 3. The van der Waals surface area contributed by atoms with Crippen LogP contribution in [0, 0.1) is 0 Å². The molecule has 1 aliphatic rings. The van der Waals surface area contributed by atoms with E-state index in [-0.39, 0.29) is 16.2 Å². The van der Waals surface area contributed by atoms with Crippen LogP contribution < -0.4 is 4.74 Å². The molecule has 2 rings (SSSR count). The van der Waals surface area contributed by atoms with Gasteiger partial charge >= 0.3 is 0 Å². The van der Waals surface area contributed by atoms with Gasteiger partial charge < -0.3 is 9.84 Å². The Morgan fingerprint density at radius 2 is 2.12 bits per heavy atom. The number of aliphatic hydroxyl groups excluding tert-OH is 1. The van der Waals surface area contributed by atoms with Crippen molar-refractivity contribution in [2.75, 3.05) is 7.11 Å². The molecule has 0 saturated carbocycles. The van der Waals surface area contributed by atoms with Crippen molar-refractivity contribution in [1.82, 2.24) is 0 Å². The van der Waals surface area contributed by atoms with Crippen molar-refractivity contribution >= 4 is 15.9 Å². The predicted molar refractivity (Wildman–Crippen MR) is 64.5 cm³/mol. The van der Waals surface area contributed by atoms with Crippen LogP contribution in [0.3, 0.4) is 0 Å². The lowest BCUT2D eigenvalue weighted by Gasteiger charge is -2.06. The fourth-order valence-electron chi connectivity index (χ4n) is 1.85. The zero-order chi connectivity index (χ0) is 12.6. The zero-order valence-electron chi connectivity index (χ0n) is 9.67. The van der Waals surface area contributed by atoms with Crippen LogP contribution in [0.1, 0.15) is 18.9 Å². The van der Waals surface area contributed by atoms with Gasteiger partial charge in [-0.1, -0.05) is 0 Å². The minimum absolute atomic E-state index is 0.138. The third kappa shape index (κ3) is 2.08. The maximum atomic E-state index is 12.2. The smallest absolute Gasteiger partial charge is 0.203 e. The van der Waals surface area contributed by atoms with Gasteiger partial charge in [-0.05, 0) is 36.8 Å². The first-order valence-corrected chi connectivity index (χ1v) is 6.75. The van der Waals surface area contributed by atoms with E-state index in [1.165, 1.54) is 13.2 Å². The average molecular weight is 254 g/mol. The number of sulfone groups is 1. The van der Waals surface area contributed by atoms with Gasteiger partial charge in [-0.2, -0.15) is 0 Å². The number of benzene rings is 1. The summed E-state index contributed by atoms with van der Waals surface area (Å²) < 4.78 is 29.3. The summed E-state index contributed by atoms with van der Waals surface area (Å²) in [7, 11) is -1.96. The monoisotopic (exact) mass is 254 g/mol. The van der Waals surface area contributed by atoms with Crippen molar-refractivity contribution in [3.63, 3.8) is 0 Å². The number of ether oxygens (including phenoxy) is 1. The molecule has 17 heavy (non-hydrogen) atoms. The SMILES string of the molecule is COc1ccc2c(c1)S(=O)(=O)C(CC(C)O)=C2. The lowest BCUT2D eigenvalue weighted by atomic mass is 10.2. The Morgan fingerprint density at radius 3 is 2.71 bits per heavy atom. The molecule has 0 radical (unpaired) electrons. The van der Waals surface area contributed by atoms with Crippen LogP contribution in [-0.2, 0) is 9.84 Å². The summed E-state index contributed by atoms with van der Waals surface area (Å²) in [6, 6.07) is 4.94. The molecule has 0 saturated heterocycles. The highest BCUT2D eigenvalue weighted by atomic mass is 32.2. The second kappa shape index (κ2) is 4.16. The van der Waals surface area contributed by atoms with Gasteiger partial charge in [0, 0.05) is 6.42 Å². The summed E-state index contributed by atoms with van der Waals surface area (Å²) in [6.45, 7) is 1.57. The van der Waals surface area contributed by atoms with E-state index in [1.54, 1.807) is 25.1 Å². The van der Waals surface area contributed by atoms with Crippen molar-refractivity contribution in [2.45, 2.75) is 24.3 Å². The molecule has 0 bridgehead atoms. The third-order valence-corrected chi connectivity index (χ3v) is 4.58. The summed E-state index contributed by atoms with van der Waals surface area (Å²) in [4.78, 5) is 0.517. The minimum atomic E-state index is -3.45. The van der Waals surface area contributed by atoms with Crippen molar-refractivity contribution < 1.29 is 18.3 Å². The van der Waals surface area contributed by atoms with E-state index in [2.05, 4.69) is 0 Å². The molecule has 0 aliphatic carbocycles. The Hall–Kier alpha value is -1.33. The molecule has 1 aromatic rings. The molecule has 0 aromatic heterocycles. The van der Waals surface area contributed by atoms with E-state index in [0.29, 0.717) is 11.3 Å². The van der Waals surface area contributed by atoms with Gasteiger partial charge in [0.25, 0.3) is 0 Å². The molecule has 1 heterocycles. The molecular weight excluding hydrogens is 240 g/mol. The highest BCUT2D eigenvalue weighted by Crippen LogP contribution is 2.36. The number of methoxy groups -OCH3 is 1. The molecule has 1 aliphatic heterocycles. The lowest BCUT2D eigenvalue weighted by Crippen LogP contribution is -2.07. The van der Waals surface area contributed by atoms with Gasteiger partial charge in [0.15, 0.2) is 0 Å². The minimum Gasteiger partial charge on any atom is -0.497 e. The fraction of sp³-hybridized carbons (Fsp3) is 0.333. The van der Waals surface area contributed by atoms with Gasteiger partial charge in [0.1, 0.15) is 5.75 Å². The Bertz CT molecular complexity index is 570. The van der Waals surface area contributed by atoms with Crippen LogP contribution in [0.4, 0.5) is 0 Å². The van der Waals surface area contributed by atoms with E-state index < -0.39 is 15.9 Å².